The molecule has 0 saturated carbocycles. The predicted octanol–water partition coefficient (Wildman–Crippen LogP) is 4.10. The number of amides is 2. The first-order chi connectivity index (χ1) is 13.3. The largest absolute Gasteiger partial charge is 0.494 e. The van der Waals surface area contributed by atoms with Crippen LogP contribution < -0.4 is 15.0 Å². The summed E-state index contributed by atoms with van der Waals surface area (Å²) in [6.45, 7) is 2.53. The molecule has 28 heavy (non-hydrogen) atoms. The van der Waals surface area contributed by atoms with Gasteiger partial charge in [-0.15, -0.1) is 0 Å². The summed E-state index contributed by atoms with van der Waals surface area (Å²) >= 11 is 0. The molecule has 1 fully saturated rings. The number of anilines is 2. The van der Waals surface area contributed by atoms with Gasteiger partial charge in [-0.05, 0) is 55.5 Å². The third-order valence-electron chi connectivity index (χ3n) is 4.43. The quantitative estimate of drug-likeness (QED) is 0.834. The Hall–Kier alpha value is -3.03. The molecule has 148 valence electrons. The smallest absolute Gasteiger partial charge is 0.416 e. The molecule has 1 atom stereocenters. The fourth-order valence-electron chi connectivity index (χ4n) is 3.01. The number of carbonyl (C=O) groups excluding carboxylic acids is 2. The van der Waals surface area contributed by atoms with Gasteiger partial charge < -0.3 is 15.0 Å². The van der Waals surface area contributed by atoms with Crippen LogP contribution in [-0.2, 0) is 15.8 Å². The number of hydrogen-bond donors (Lipinski definition) is 1. The van der Waals surface area contributed by atoms with E-state index in [2.05, 4.69) is 5.32 Å². The van der Waals surface area contributed by atoms with Crippen molar-refractivity contribution < 1.29 is 27.5 Å². The molecular weight excluding hydrogens is 373 g/mol. The molecule has 1 heterocycles. The number of nitrogens with one attached hydrogen (secondary N) is 1. The van der Waals surface area contributed by atoms with Crippen molar-refractivity contribution in [3.8, 4) is 5.75 Å². The highest BCUT2D eigenvalue weighted by atomic mass is 19.4. The Morgan fingerprint density at radius 2 is 1.79 bits per heavy atom. The summed E-state index contributed by atoms with van der Waals surface area (Å²) in [6, 6.07) is 11.2. The molecule has 0 bridgehead atoms. The average molecular weight is 392 g/mol. The first kappa shape index (κ1) is 19.7. The average Bonchev–Trinajstić information content (AvgIpc) is 3.05. The minimum atomic E-state index is -4.44. The fourth-order valence-corrected chi connectivity index (χ4v) is 3.01. The minimum absolute atomic E-state index is 0.00385. The summed E-state index contributed by atoms with van der Waals surface area (Å²) in [6.07, 6.45) is -4.43. The molecular formula is C20H19F3N2O3. The maximum absolute atomic E-state index is 12.7. The maximum atomic E-state index is 12.7. The topological polar surface area (TPSA) is 58.6 Å². The van der Waals surface area contributed by atoms with E-state index in [1.807, 2.05) is 6.92 Å². The first-order valence-electron chi connectivity index (χ1n) is 8.79. The van der Waals surface area contributed by atoms with Crippen LogP contribution in [0.3, 0.4) is 0 Å². The zero-order valence-electron chi connectivity index (χ0n) is 15.1. The van der Waals surface area contributed by atoms with E-state index in [9.17, 15) is 22.8 Å². The Morgan fingerprint density at radius 1 is 1.14 bits per heavy atom. The number of ether oxygens (including phenoxy) is 1. The van der Waals surface area contributed by atoms with E-state index in [0.717, 1.165) is 12.1 Å². The second kappa shape index (κ2) is 7.92. The third-order valence-corrected chi connectivity index (χ3v) is 4.43. The van der Waals surface area contributed by atoms with Gasteiger partial charge in [0.15, 0.2) is 0 Å². The molecule has 3 rings (SSSR count). The molecule has 1 saturated heterocycles. The summed E-state index contributed by atoms with van der Waals surface area (Å²) in [5.74, 6) is -0.509. The van der Waals surface area contributed by atoms with Crippen molar-refractivity contribution in [1.29, 1.82) is 0 Å². The summed E-state index contributed by atoms with van der Waals surface area (Å²) in [5, 5.41) is 2.75. The van der Waals surface area contributed by atoms with E-state index < -0.39 is 17.7 Å². The first-order valence-corrected chi connectivity index (χ1v) is 8.79. The van der Waals surface area contributed by atoms with Crippen LogP contribution in [-0.4, -0.2) is 25.0 Å². The molecule has 1 aliphatic rings. The van der Waals surface area contributed by atoms with Gasteiger partial charge in [0.2, 0.25) is 11.8 Å². The van der Waals surface area contributed by atoms with Crippen LogP contribution in [0.25, 0.3) is 0 Å². The predicted molar refractivity (Wildman–Crippen MR) is 98.1 cm³/mol. The molecule has 2 aromatic rings. The van der Waals surface area contributed by atoms with Gasteiger partial charge >= 0.3 is 6.18 Å². The van der Waals surface area contributed by atoms with Crippen LogP contribution in [0.5, 0.6) is 5.75 Å². The van der Waals surface area contributed by atoms with Gasteiger partial charge in [0.25, 0.3) is 0 Å². The van der Waals surface area contributed by atoms with Crippen LogP contribution in [0.2, 0.25) is 0 Å². The van der Waals surface area contributed by atoms with Crippen molar-refractivity contribution in [3.63, 3.8) is 0 Å². The lowest BCUT2D eigenvalue weighted by molar-refractivity contribution is -0.137. The molecule has 2 aromatic carbocycles. The highest BCUT2D eigenvalue weighted by molar-refractivity contribution is 6.03. The molecule has 8 heteroatoms. The molecule has 2 amide bonds. The van der Waals surface area contributed by atoms with E-state index >= 15 is 0 Å². The Morgan fingerprint density at radius 3 is 2.36 bits per heavy atom. The summed E-state index contributed by atoms with van der Waals surface area (Å²) < 4.78 is 43.4. The lowest BCUT2D eigenvalue weighted by atomic mass is 10.1. The summed E-state index contributed by atoms with van der Waals surface area (Å²) in [5.41, 5.74) is 0.135. The van der Waals surface area contributed by atoms with Crippen LogP contribution in [0.4, 0.5) is 24.5 Å². The van der Waals surface area contributed by atoms with Gasteiger partial charge in [-0.1, -0.05) is 0 Å². The molecule has 1 aliphatic heterocycles. The van der Waals surface area contributed by atoms with Gasteiger partial charge in [-0.3, -0.25) is 9.59 Å². The van der Waals surface area contributed by atoms with Crippen LogP contribution >= 0.6 is 0 Å². The highest BCUT2D eigenvalue weighted by Crippen LogP contribution is 2.32. The maximum Gasteiger partial charge on any atom is 0.416 e. The lowest BCUT2D eigenvalue weighted by Crippen LogP contribution is -2.28. The van der Waals surface area contributed by atoms with Gasteiger partial charge in [-0.25, -0.2) is 0 Å². The summed E-state index contributed by atoms with van der Waals surface area (Å²) in [7, 11) is 0. The zero-order valence-corrected chi connectivity index (χ0v) is 15.1. The second-order valence-electron chi connectivity index (χ2n) is 6.40. The number of benzene rings is 2. The highest BCUT2D eigenvalue weighted by Gasteiger charge is 2.36. The van der Waals surface area contributed by atoms with Crippen LogP contribution in [0, 0.1) is 5.92 Å². The van der Waals surface area contributed by atoms with E-state index in [1.54, 1.807) is 24.3 Å². The number of carbonyl (C=O) groups is 2. The number of halogens is 3. The van der Waals surface area contributed by atoms with Crippen molar-refractivity contribution in [2.24, 2.45) is 5.92 Å². The molecule has 0 spiro atoms. The summed E-state index contributed by atoms with van der Waals surface area (Å²) in [4.78, 5) is 26.0. The van der Waals surface area contributed by atoms with Crippen molar-refractivity contribution in [3.05, 3.63) is 54.1 Å². The van der Waals surface area contributed by atoms with Crippen molar-refractivity contribution >= 4 is 23.2 Å². The number of alkyl halides is 3. The Bertz CT molecular complexity index is 848. The standard InChI is InChI=1S/C20H19F3N2O3/c1-2-28-17-9-5-15(6-10-17)24-19(27)13-11-18(26)25(12-13)16-7-3-14(4-8-16)20(21,22)23/h3-10,13H,2,11-12H2,1H3,(H,24,27). The van der Waals surface area contributed by atoms with Crippen molar-refractivity contribution in [1.82, 2.24) is 0 Å². The third kappa shape index (κ3) is 4.44. The molecule has 0 radical (unpaired) electrons. The molecule has 0 aromatic heterocycles. The number of hydrogen-bond acceptors (Lipinski definition) is 3. The second-order valence-corrected chi connectivity index (χ2v) is 6.40. The SMILES string of the molecule is CCOc1ccc(NC(=O)C2CC(=O)N(c3ccc(C(F)(F)F)cc3)C2)cc1. The lowest BCUT2D eigenvalue weighted by Gasteiger charge is -2.17. The van der Waals surface area contributed by atoms with Crippen molar-refractivity contribution in [2.75, 3.05) is 23.4 Å². The Labute approximate surface area is 160 Å². The Kier molecular flexibility index (Phi) is 5.58. The van der Waals surface area contributed by atoms with E-state index in [4.69, 9.17) is 4.74 Å². The molecule has 5 nitrogen and oxygen atoms in total. The van der Waals surface area contributed by atoms with E-state index in [-0.39, 0.29) is 24.8 Å². The van der Waals surface area contributed by atoms with E-state index in [1.165, 1.54) is 17.0 Å². The van der Waals surface area contributed by atoms with Gasteiger partial charge in [0.05, 0.1) is 18.1 Å². The number of nitrogens with zero attached hydrogens (tertiary/aromatic N) is 1. The van der Waals surface area contributed by atoms with Crippen LogP contribution in [0.1, 0.15) is 18.9 Å². The van der Waals surface area contributed by atoms with E-state index in [0.29, 0.717) is 23.7 Å². The monoisotopic (exact) mass is 392 g/mol. The Balaban J connectivity index is 1.64. The fraction of sp³-hybridized carbons (Fsp3) is 0.300. The van der Waals surface area contributed by atoms with Crippen LogP contribution in [0.15, 0.2) is 48.5 Å². The minimum Gasteiger partial charge on any atom is -0.494 e. The molecule has 1 N–H and O–H groups in total. The van der Waals surface area contributed by atoms with Crippen molar-refractivity contribution in [2.45, 2.75) is 19.5 Å². The zero-order chi connectivity index (χ0) is 20.3. The number of rotatable bonds is 5. The van der Waals surface area contributed by atoms with Gasteiger partial charge in [-0.2, -0.15) is 13.2 Å². The van der Waals surface area contributed by atoms with Gasteiger partial charge in [0, 0.05) is 24.3 Å². The molecule has 0 aliphatic carbocycles. The van der Waals surface area contributed by atoms with Gasteiger partial charge in [0.1, 0.15) is 5.75 Å². The molecule has 1 unspecified atom stereocenters. The normalized spacial score (nSPS) is 16.9.